The first-order valence-electron chi connectivity index (χ1n) is 9.10. The highest BCUT2D eigenvalue weighted by Crippen LogP contribution is 2.16. The molecule has 2 rings (SSSR count). The lowest BCUT2D eigenvalue weighted by atomic mass is 10.0. The SMILES string of the molecule is CCNC(=NCC(C)(C)N1CCOCC1)NCCc1cccc(F)c1. The van der Waals surface area contributed by atoms with Gasteiger partial charge in [-0.05, 0) is 44.9 Å². The molecule has 0 bridgehead atoms. The molecule has 1 heterocycles. The van der Waals surface area contributed by atoms with Gasteiger partial charge in [-0.15, -0.1) is 0 Å². The number of halogens is 1. The molecule has 0 spiro atoms. The summed E-state index contributed by atoms with van der Waals surface area (Å²) < 4.78 is 18.7. The second-order valence-corrected chi connectivity index (χ2v) is 6.91. The average Bonchev–Trinajstić information content (AvgIpc) is 2.60. The van der Waals surface area contributed by atoms with Crippen molar-refractivity contribution < 1.29 is 9.13 Å². The van der Waals surface area contributed by atoms with E-state index in [1.165, 1.54) is 6.07 Å². The number of guanidine groups is 1. The van der Waals surface area contributed by atoms with E-state index in [1.807, 2.05) is 6.07 Å². The van der Waals surface area contributed by atoms with E-state index in [1.54, 1.807) is 12.1 Å². The number of nitrogens with zero attached hydrogens (tertiary/aromatic N) is 2. The molecule has 140 valence electrons. The Labute approximate surface area is 150 Å². The molecule has 2 N–H and O–H groups in total. The minimum atomic E-state index is -0.190. The summed E-state index contributed by atoms with van der Waals surface area (Å²) in [5.41, 5.74) is 0.978. The van der Waals surface area contributed by atoms with Crippen molar-refractivity contribution >= 4 is 5.96 Å². The zero-order valence-electron chi connectivity index (χ0n) is 15.6. The van der Waals surface area contributed by atoms with E-state index < -0.39 is 0 Å². The smallest absolute Gasteiger partial charge is 0.191 e. The van der Waals surface area contributed by atoms with E-state index in [0.29, 0.717) is 13.1 Å². The molecule has 1 fully saturated rings. The van der Waals surface area contributed by atoms with Gasteiger partial charge in [0.25, 0.3) is 0 Å². The predicted octanol–water partition coefficient (Wildman–Crippen LogP) is 2.03. The lowest BCUT2D eigenvalue weighted by molar-refractivity contribution is -0.00683. The molecule has 6 heteroatoms. The van der Waals surface area contributed by atoms with Crippen molar-refractivity contribution in [3.63, 3.8) is 0 Å². The molecule has 0 radical (unpaired) electrons. The maximum absolute atomic E-state index is 13.2. The summed E-state index contributed by atoms with van der Waals surface area (Å²) in [6, 6.07) is 6.73. The largest absolute Gasteiger partial charge is 0.379 e. The molecule has 1 aromatic carbocycles. The van der Waals surface area contributed by atoms with Crippen molar-refractivity contribution in [2.24, 2.45) is 4.99 Å². The molecule has 1 aliphatic heterocycles. The molecule has 0 saturated carbocycles. The van der Waals surface area contributed by atoms with Gasteiger partial charge in [-0.2, -0.15) is 0 Å². The Balaban J connectivity index is 1.86. The Hall–Kier alpha value is -1.66. The van der Waals surface area contributed by atoms with Crippen LogP contribution in [0, 0.1) is 5.82 Å². The maximum Gasteiger partial charge on any atom is 0.191 e. The Kier molecular flexibility index (Phi) is 7.65. The number of nitrogens with one attached hydrogen (secondary N) is 2. The van der Waals surface area contributed by atoms with Crippen LogP contribution in [0.4, 0.5) is 4.39 Å². The van der Waals surface area contributed by atoms with Crippen LogP contribution in [0.2, 0.25) is 0 Å². The van der Waals surface area contributed by atoms with Crippen molar-refractivity contribution in [2.75, 3.05) is 45.9 Å². The van der Waals surface area contributed by atoms with Crippen LogP contribution in [0.25, 0.3) is 0 Å². The first-order chi connectivity index (χ1) is 12.0. The van der Waals surface area contributed by atoms with E-state index >= 15 is 0 Å². The summed E-state index contributed by atoms with van der Waals surface area (Å²) in [5, 5.41) is 6.61. The van der Waals surface area contributed by atoms with Crippen LogP contribution in [-0.2, 0) is 11.2 Å². The van der Waals surface area contributed by atoms with Crippen molar-refractivity contribution in [3.8, 4) is 0 Å². The number of hydrogen-bond donors (Lipinski definition) is 2. The topological polar surface area (TPSA) is 48.9 Å². The molecule has 0 unspecified atom stereocenters. The third-order valence-corrected chi connectivity index (χ3v) is 4.43. The summed E-state index contributed by atoms with van der Waals surface area (Å²) >= 11 is 0. The van der Waals surface area contributed by atoms with Gasteiger partial charge in [-0.25, -0.2) is 4.39 Å². The summed E-state index contributed by atoms with van der Waals surface area (Å²) in [6.07, 6.45) is 0.759. The first kappa shape index (κ1) is 19.7. The number of morpholine rings is 1. The molecule has 0 aliphatic carbocycles. The van der Waals surface area contributed by atoms with Crippen molar-refractivity contribution in [3.05, 3.63) is 35.6 Å². The highest BCUT2D eigenvalue weighted by molar-refractivity contribution is 5.79. The molecule has 0 amide bonds. The second-order valence-electron chi connectivity index (χ2n) is 6.91. The minimum absolute atomic E-state index is 0.00527. The predicted molar refractivity (Wildman–Crippen MR) is 101 cm³/mol. The van der Waals surface area contributed by atoms with Crippen molar-refractivity contribution in [1.82, 2.24) is 15.5 Å². The van der Waals surface area contributed by atoms with Crippen LogP contribution in [0.1, 0.15) is 26.3 Å². The van der Waals surface area contributed by atoms with Crippen LogP contribution in [-0.4, -0.2) is 62.3 Å². The summed E-state index contributed by atoms with van der Waals surface area (Å²) in [7, 11) is 0. The Morgan fingerprint density at radius 3 is 2.72 bits per heavy atom. The summed E-state index contributed by atoms with van der Waals surface area (Å²) in [5.74, 6) is 0.616. The fourth-order valence-electron chi connectivity index (χ4n) is 2.90. The van der Waals surface area contributed by atoms with E-state index in [4.69, 9.17) is 9.73 Å². The molecule has 25 heavy (non-hydrogen) atoms. The van der Waals surface area contributed by atoms with Crippen molar-refractivity contribution in [1.29, 1.82) is 0 Å². The van der Waals surface area contributed by atoms with Gasteiger partial charge in [-0.3, -0.25) is 9.89 Å². The van der Waals surface area contributed by atoms with Gasteiger partial charge < -0.3 is 15.4 Å². The molecule has 0 aromatic heterocycles. The van der Waals surface area contributed by atoms with E-state index in [9.17, 15) is 4.39 Å². The standard InChI is InChI=1S/C19H31FN4O/c1-4-21-18(22-9-8-16-6-5-7-17(20)14-16)23-15-19(2,3)24-10-12-25-13-11-24/h5-7,14H,4,8-13,15H2,1-3H3,(H2,21,22,23). The van der Waals surface area contributed by atoms with Crippen LogP contribution in [0.5, 0.6) is 0 Å². The number of benzene rings is 1. The van der Waals surface area contributed by atoms with Gasteiger partial charge in [0.1, 0.15) is 5.82 Å². The van der Waals surface area contributed by atoms with Gasteiger partial charge in [0, 0.05) is 31.7 Å². The summed E-state index contributed by atoms with van der Waals surface area (Å²) in [4.78, 5) is 7.17. The molecular weight excluding hydrogens is 319 g/mol. The quantitative estimate of drug-likeness (QED) is 0.584. The Morgan fingerprint density at radius 2 is 2.04 bits per heavy atom. The fraction of sp³-hybridized carbons (Fsp3) is 0.632. The number of rotatable bonds is 7. The average molecular weight is 350 g/mol. The Bertz CT molecular complexity index is 556. The lowest BCUT2D eigenvalue weighted by Gasteiger charge is -2.39. The zero-order valence-corrected chi connectivity index (χ0v) is 15.6. The number of hydrogen-bond acceptors (Lipinski definition) is 3. The van der Waals surface area contributed by atoms with Gasteiger partial charge in [0.15, 0.2) is 5.96 Å². The first-order valence-corrected chi connectivity index (χ1v) is 9.10. The van der Waals surface area contributed by atoms with E-state index in [-0.39, 0.29) is 11.4 Å². The van der Waals surface area contributed by atoms with Crippen molar-refractivity contribution in [2.45, 2.75) is 32.7 Å². The van der Waals surface area contributed by atoms with Crippen LogP contribution < -0.4 is 10.6 Å². The minimum Gasteiger partial charge on any atom is -0.379 e. The molecule has 1 aliphatic rings. The number of aliphatic imine (C=N–C) groups is 1. The monoisotopic (exact) mass is 350 g/mol. The molecule has 1 saturated heterocycles. The summed E-state index contributed by atoms with van der Waals surface area (Å²) in [6.45, 7) is 12.2. The molecule has 0 atom stereocenters. The lowest BCUT2D eigenvalue weighted by Crippen LogP contribution is -2.52. The third kappa shape index (κ3) is 6.63. The third-order valence-electron chi connectivity index (χ3n) is 4.43. The van der Waals surface area contributed by atoms with Gasteiger partial charge in [-0.1, -0.05) is 12.1 Å². The van der Waals surface area contributed by atoms with Crippen LogP contribution >= 0.6 is 0 Å². The van der Waals surface area contributed by atoms with E-state index in [0.717, 1.165) is 50.8 Å². The molecular formula is C19H31FN4O. The van der Waals surface area contributed by atoms with Gasteiger partial charge in [0.05, 0.1) is 19.8 Å². The molecule has 1 aromatic rings. The van der Waals surface area contributed by atoms with Crippen LogP contribution in [0.15, 0.2) is 29.3 Å². The number of ether oxygens (including phenoxy) is 1. The highest BCUT2D eigenvalue weighted by Gasteiger charge is 2.28. The van der Waals surface area contributed by atoms with Gasteiger partial charge >= 0.3 is 0 Å². The second kappa shape index (κ2) is 9.73. The van der Waals surface area contributed by atoms with E-state index in [2.05, 4.69) is 36.3 Å². The van der Waals surface area contributed by atoms with Crippen LogP contribution in [0.3, 0.4) is 0 Å². The zero-order chi connectivity index (χ0) is 18.1. The normalized spacial score (nSPS) is 16.7. The van der Waals surface area contributed by atoms with Gasteiger partial charge in [0.2, 0.25) is 0 Å². The fourth-order valence-corrected chi connectivity index (χ4v) is 2.90. The Morgan fingerprint density at radius 1 is 1.28 bits per heavy atom. The maximum atomic E-state index is 13.2. The molecule has 5 nitrogen and oxygen atoms in total. The highest BCUT2D eigenvalue weighted by atomic mass is 19.1.